The number of aromatic nitrogens is 1. The molecule has 428 valence electrons. The van der Waals surface area contributed by atoms with Crippen LogP contribution in [0.4, 0.5) is 0 Å². The molecule has 0 aliphatic carbocycles. The summed E-state index contributed by atoms with van der Waals surface area (Å²) in [4.78, 5) is 27.4. The van der Waals surface area contributed by atoms with E-state index >= 15 is 0 Å². The van der Waals surface area contributed by atoms with Crippen LogP contribution < -0.4 is 0 Å². The number of carbonyl (C=O) groups is 1. The van der Waals surface area contributed by atoms with Crippen molar-refractivity contribution in [2.75, 3.05) is 40.9 Å². The van der Waals surface area contributed by atoms with E-state index < -0.39 is 108 Å². The Hall–Kier alpha value is -3.67. The highest BCUT2D eigenvalue weighted by atomic mass is 16.7. The highest BCUT2D eigenvalue weighted by Crippen LogP contribution is 2.40. The number of cyclic esters (lactones) is 1. The van der Waals surface area contributed by atoms with Gasteiger partial charge in [0, 0.05) is 88.6 Å². The minimum Gasteiger partial charge on any atom is -0.459 e. The lowest BCUT2D eigenvalue weighted by Crippen LogP contribution is -2.61. The number of nitrogens with one attached hydrogen (secondary N) is 1. The predicted molar refractivity (Wildman–Crippen MR) is 288 cm³/mol. The van der Waals surface area contributed by atoms with Crippen LogP contribution >= 0.6 is 0 Å². The van der Waals surface area contributed by atoms with Gasteiger partial charge in [0.05, 0.1) is 53.4 Å². The minimum absolute atomic E-state index is 0.0848. The third-order valence-electron chi connectivity index (χ3n) is 16.3. The van der Waals surface area contributed by atoms with Crippen molar-refractivity contribution in [2.45, 2.75) is 211 Å². The van der Waals surface area contributed by atoms with E-state index in [1.807, 2.05) is 87.3 Å². The predicted octanol–water partition coefficient (Wildman–Crippen LogP) is 6.05. The van der Waals surface area contributed by atoms with Gasteiger partial charge in [0.1, 0.15) is 30.0 Å². The van der Waals surface area contributed by atoms with Gasteiger partial charge >= 0.3 is 5.97 Å². The summed E-state index contributed by atoms with van der Waals surface area (Å²) in [6.45, 7) is 18.3. The molecule has 3 aliphatic rings. The molecule has 1 aromatic heterocycles. The molecule has 0 spiro atoms. The standard InChI is InChI=1S/C57H92N6O13/c1-14-16-46-57(10,70)50(66)38(6)63(12)33-34(2)29-55(8,69)52(36(4)49(37(5)53(68)74-46)75-47-30-56(9,71-13)51(67)39(7)73-47)76-54-48(65)45(27-35(3)72-54)62(11)25-22-44(61-58)32-60-43(23-26-64)28-40-18-20-41(21-19-40)42-17-15-24-59-31-42/h15,17-21,24,31-32,34-39,45-52,54,58,64-67,69-70H,14,16,22-23,25-30,33H2,1-13H3/b44-32-,60-43?,61-58?/t34-,35?,36+,37+,38+,39-,45-,46?,47?,48-,49?,50+,51+,52?,54-,55?,56+,57?/m0/s1. The van der Waals surface area contributed by atoms with Crippen molar-refractivity contribution >= 4 is 11.7 Å². The van der Waals surface area contributed by atoms with Crippen LogP contribution in [0.5, 0.6) is 0 Å². The number of rotatable bonds is 18. The summed E-state index contributed by atoms with van der Waals surface area (Å²) in [5, 5.41) is 73.8. The van der Waals surface area contributed by atoms with Gasteiger partial charge in [-0.3, -0.25) is 14.8 Å². The van der Waals surface area contributed by atoms with Crippen molar-refractivity contribution in [2.24, 2.45) is 27.9 Å². The van der Waals surface area contributed by atoms with Crippen molar-refractivity contribution in [1.82, 2.24) is 14.8 Å². The van der Waals surface area contributed by atoms with Crippen LogP contribution in [-0.2, 0) is 39.6 Å². The van der Waals surface area contributed by atoms with E-state index in [4.69, 9.17) is 34.0 Å². The topological polar surface area (TPSA) is 262 Å². The third kappa shape index (κ3) is 16.0. The quantitative estimate of drug-likeness (QED) is 0.0509. The molecular formula is C57H92N6O13. The lowest BCUT2D eigenvalue weighted by atomic mass is 9.77. The Labute approximate surface area is 451 Å². The molecule has 7 unspecified atom stereocenters. The number of hydrogen-bond donors (Lipinski definition) is 7. The Bertz CT molecular complexity index is 2190. The lowest BCUT2D eigenvalue weighted by Gasteiger charge is -2.49. The molecule has 0 radical (unpaired) electrons. The number of aliphatic hydroxyl groups excluding tert-OH is 4. The number of benzene rings is 1. The van der Waals surface area contributed by atoms with Crippen LogP contribution in [0, 0.1) is 23.3 Å². The average molecular weight is 1070 g/mol. The number of carbonyl (C=O) groups excluding carboxylic acids is 1. The number of nitrogens with zero attached hydrogens (tertiary/aromatic N) is 5. The maximum Gasteiger partial charge on any atom is 0.311 e. The first-order valence-electron chi connectivity index (χ1n) is 27.3. The van der Waals surface area contributed by atoms with Gasteiger partial charge in [0.15, 0.2) is 12.6 Å². The number of esters is 1. The Kier molecular flexibility index (Phi) is 23.2. The van der Waals surface area contributed by atoms with E-state index in [1.54, 1.807) is 53.9 Å². The molecule has 4 heterocycles. The smallest absolute Gasteiger partial charge is 0.311 e. The highest BCUT2D eigenvalue weighted by molar-refractivity contribution is 5.87. The van der Waals surface area contributed by atoms with E-state index in [0.717, 1.165) is 22.4 Å². The lowest BCUT2D eigenvalue weighted by molar-refractivity contribution is -0.318. The van der Waals surface area contributed by atoms with Crippen LogP contribution in [0.3, 0.4) is 0 Å². The van der Waals surface area contributed by atoms with E-state index in [2.05, 4.69) is 15.1 Å². The Morgan fingerprint density at radius 2 is 1.67 bits per heavy atom. The molecule has 0 amide bonds. The molecule has 76 heavy (non-hydrogen) atoms. The minimum atomic E-state index is -1.85. The zero-order valence-corrected chi connectivity index (χ0v) is 47.4. The molecule has 5 rings (SSSR count). The molecule has 3 saturated heterocycles. The monoisotopic (exact) mass is 1070 g/mol. The molecule has 0 saturated carbocycles. The maximum atomic E-state index is 14.6. The Balaban J connectivity index is 1.44. The molecule has 3 aliphatic heterocycles. The van der Waals surface area contributed by atoms with Gasteiger partial charge < -0.3 is 68.9 Å². The molecule has 18 atom stereocenters. The summed E-state index contributed by atoms with van der Waals surface area (Å²) in [6, 6.07) is 10.9. The number of ether oxygens (including phenoxy) is 6. The summed E-state index contributed by atoms with van der Waals surface area (Å²) in [7, 11) is 5.20. The van der Waals surface area contributed by atoms with Gasteiger partial charge in [-0.05, 0) is 110 Å². The molecule has 1 aromatic carbocycles. The van der Waals surface area contributed by atoms with Crippen LogP contribution in [0.15, 0.2) is 70.8 Å². The largest absolute Gasteiger partial charge is 0.459 e. The van der Waals surface area contributed by atoms with Gasteiger partial charge in [0.2, 0.25) is 0 Å². The van der Waals surface area contributed by atoms with E-state index in [1.165, 1.54) is 14.0 Å². The summed E-state index contributed by atoms with van der Waals surface area (Å²) in [6.07, 6.45) is -2.61. The molecule has 3 fully saturated rings. The van der Waals surface area contributed by atoms with E-state index in [9.17, 15) is 35.4 Å². The first-order chi connectivity index (χ1) is 35.8. The van der Waals surface area contributed by atoms with Crippen molar-refractivity contribution in [1.29, 1.82) is 5.53 Å². The SMILES string of the molecule is CCCC1OC(=O)[C@H](C)C(OC2C[C@@](C)(OC)[C@H](O)[C@H](C)O2)[C@@H](C)C(O[C@@H]2OC(C)C[C@H](N(C)CC/C(=C/N=C(CCO)Cc3ccc(-c4cccnc4)cc3)N=N)[C@@H]2O)C(C)(O)C[C@H](C)CN(C)[C@H](C)[C@@H](O)C1(C)O. The number of pyridine rings is 1. The van der Waals surface area contributed by atoms with Gasteiger partial charge in [0.25, 0.3) is 0 Å². The van der Waals surface area contributed by atoms with Crippen LogP contribution in [0.1, 0.15) is 120 Å². The molecule has 19 heteroatoms. The van der Waals surface area contributed by atoms with E-state index in [-0.39, 0.29) is 31.8 Å². The molecule has 19 nitrogen and oxygen atoms in total. The molecule has 2 aromatic rings. The third-order valence-corrected chi connectivity index (χ3v) is 16.3. The van der Waals surface area contributed by atoms with Gasteiger partial charge in [-0.2, -0.15) is 5.11 Å². The second-order valence-corrected chi connectivity index (χ2v) is 22.8. The van der Waals surface area contributed by atoms with Gasteiger partial charge in [-0.25, -0.2) is 5.53 Å². The van der Waals surface area contributed by atoms with Crippen LogP contribution in [0.2, 0.25) is 0 Å². The van der Waals surface area contributed by atoms with Crippen LogP contribution in [0.25, 0.3) is 11.1 Å². The summed E-state index contributed by atoms with van der Waals surface area (Å²) < 4.78 is 38.5. The highest BCUT2D eigenvalue weighted by Gasteiger charge is 2.53. The zero-order chi connectivity index (χ0) is 56.3. The second kappa shape index (κ2) is 28.0. The first-order valence-corrected chi connectivity index (χ1v) is 27.3. The number of methoxy groups -OCH3 is 1. The number of aliphatic hydroxyl groups is 6. The van der Waals surface area contributed by atoms with Gasteiger partial charge in [-0.1, -0.05) is 57.5 Å². The van der Waals surface area contributed by atoms with E-state index in [0.29, 0.717) is 50.9 Å². The summed E-state index contributed by atoms with van der Waals surface area (Å²) in [5.41, 5.74) is 7.62. The fraction of sp³-hybridized carbons (Fsp3) is 0.737. The number of likely N-dealkylation sites (N-methyl/N-ethyl adjacent to an activating group) is 2. The Morgan fingerprint density at radius 3 is 2.29 bits per heavy atom. The first kappa shape index (κ1) is 63.2. The summed E-state index contributed by atoms with van der Waals surface area (Å²) >= 11 is 0. The molecule has 7 N–H and O–H groups in total. The van der Waals surface area contributed by atoms with Crippen LogP contribution in [-0.4, -0.2) is 188 Å². The van der Waals surface area contributed by atoms with Gasteiger partial charge in [-0.15, -0.1) is 0 Å². The fourth-order valence-electron chi connectivity index (χ4n) is 11.5. The number of hydrogen-bond acceptors (Lipinski definition) is 19. The maximum absolute atomic E-state index is 14.6. The average Bonchev–Trinajstić information content (AvgIpc) is 3.38. The van der Waals surface area contributed by atoms with Crippen molar-refractivity contribution in [3.05, 3.63) is 66.3 Å². The molecule has 0 bridgehead atoms. The van der Waals surface area contributed by atoms with Crippen molar-refractivity contribution in [3.8, 4) is 11.1 Å². The molecular weight excluding hydrogens is 977 g/mol. The van der Waals surface area contributed by atoms with Crippen molar-refractivity contribution in [3.63, 3.8) is 0 Å². The Morgan fingerprint density at radius 1 is 0.974 bits per heavy atom. The number of aliphatic imine (C=N–C) groups is 1. The fourth-order valence-corrected chi connectivity index (χ4v) is 11.5. The second-order valence-electron chi connectivity index (χ2n) is 22.8. The zero-order valence-electron chi connectivity index (χ0n) is 47.4. The normalized spacial score (nSPS) is 38.1. The van der Waals surface area contributed by atoms with Crippen molar-refractivity contribution < 1.29 is 63.9 Å². The summed E-state index contributed by atoms with van der Waals surface area (Å²) in [5.74, 6) is -2.87.